The van der Waals surface area contributed by atoms with Gasteiger partial charge in [0.2, 0.25) is 5.91 Å². The molecule has 4 rings (SSSR count). The van der Waals surface area contributed by atoms with Crippen LogP contribution >= 0.6 is 0 Å². The maximum absolute atomic E-state index is 13.0. The molecule has 2 heterocycles. The first-order valence-electron chi connectivity index (χ1n) is 8.72. The number of methoxy groups -OCH3 is 1. The van der Waals surface area contributed by atoms with E-state index in [1.807, 2.05) is 0 Å². The van der Waals surface area contributed by atoms with Crippen molar-refractivity contribution in [3.8, 4) is 0 Å². The molecule has 1 amide bonds. The number of amides is 1. The minimum atomic E-state index is -4.51. The Morgan fingerprint density at radius 1 is 1.27 bits per heavy atom. The van der Waals surface area contributed by atoms with Gasteiger partial charge in [0.15, 0.2) is 5.69 Å². The van der Waals surface area contributed by atoms with Gasteiger partial charge in [-0.25, -0.2) is 0 Å². The molecule has 2 aliphatic carbocycles. The van der Waals surface area contributed by atoms with Crippen LogP contribution in [-0.2, 0) is 33.3 Å². The fourth-order valence-corrected chi connectivity index (χ4v) is 4.69. The normalized spacial score (nSPS) is 24.6. The number of aromatic nitrogens is 2. The van der Waals surface area contributed by atoms with Gasteiger partial charge in [-0.1, -0.05) is 0 Å². The third-order valence-corrected chi connectivity index (χ3v) is 6.02. The first-order valence-corrected chi connectivity index (χ1v) is 8.72. The van der Waals surface area contributed by atoms with Crippen molar-refractivity contribution in [1.82, 2.24) is 15.1 Å². The molecule has 6 nitrogen and oxygen atoms in total. The molecule has 0 bridgehead atoms. The van der Waals surface area contributed by atoms with E-state index in [2.05, 4.69) is 10.2 Å². The molecule has 1 aliphatic heterocycles. The Hall–Kier alpha value is -2.06. The predicted octanol–water partition coefficient (Wildman–Crippen LogP) is 1.94. The lowest BCUT2D eigenvalue weighted by Gasteiger charge is -2.58. The van der Waals surface area contributed by atoms with Gasteiger partial charge in [-0.15, -0.1) is 0 Å². The number of aromatic amines is 1. The number of rotatable bonds is 2. The highest BCUT2D eigenvalue weighted by atomic mass is 19.4. The van der Waals surface area contributed by atoms with E-state index in [9.17, 15) is 22.8 Å². The van der Waals surface area contributed by atoms with Crippen LogP contribution in [0.25, 0.3) is 0 Å². The summed E-state index contributed by atoms with van der Waals surface area (Å²) in [5, 5.41) is 5.86. The highest BCUT2D eigenvalue weighted by Gasteiger charge is 2.56. The van der Waals surface area contributed by atoms with Gasteiger partial charge in [-0.3, -0.25) is 14.7 Å². The lowest BCUT2D eigenvalue weighted by molar-refractivity contribution is -0.172. The van der Waals surface area contributed by atoms with Crippen molar-refractivity contribution < 1.29 is 27.5 Å². The fraction of sp³-hybridized carbons (Fsp3) is 0.706. The largest absolute Gasteiger partial charge is 0.469 e. The number of esters is 1. The molecular formula is C17H20F3N3O3. The van der Waals surface area contributed by atoms with Crippen LogP contribution in [0, 0.1) is 17.3 Å². The van der Waals surface area contributed by atoms with Gasteiger partial charge in [0.1, 0.15) is 0 Å². The Labute approximate surface area is 148 Å². The molecule has 1 spiro atoms. The number of nitrogens with zero attached hydrogens (tertiary/aromatic N) is 2. The lowest BCUT2D eigenvalue weighted by atomic mass is 9.57. The number of carbonyl (C=O) groups excluding carboxylic acids is 2. The number of carbonyl (C=O) groups is 2. The summed E-state index contributed by atoms with van der Waals surface area (Å²) >= 11 is 0. The summed E-state index contributed by atoms with van der Waals surface area (Å²) < 4.78 is 43.9. The molecule has 1 atom stereocenters. The van der Waals surface area contributed by atoms with Gasteiger partial charge in [0.25, 0.3) is 0 Å². The molecule has 1 saturated heterocycles. The van der Waals surface area contributed by atoms with Gasteiger partial charge in [0, 0.05) is 35.7 Å². The number of hydrogen-bond donors (Lipinski definition) is 1. The average molecular weight is 371 g/mol. The third kappa shape index (κ3) is 2.68. The van der Waals surface area contributed by atoms with Crippen LogP contribution in [0.2, 0.25) is 0 Å². The number of hydrogen-bond acceptors (Lipinski definition) is 4. The highest BCUT2D eigenvalue weighted by Crippen LogP contribution is 2.52. The summed E-state index contributed by atoms with van der Waals surface area (Å²) in [4.78, 5) is 25.9. The number of H-pyrrole nitrogens is 1. The zero-order chi connectivity index (χ0) is 18.7. The summed E-state index contributed by atoms with van der Waals surface area (Å²) in [6, 6.07) is 0. The second-order valence-electron chi connectivity index (χ2n) is 7.79. The minimum Gasteiger partial charge on any atom is -0.469 e. The number of aryl methyl sites for hydroxylation is 1. The summed E-state index contributed by atoms with van der Waals surface area (Å²) in [5.74, 6) is -0.818. The smallest absolute Gasteiger partial charge is 0.435 e. The molecule has 0 aromatic carbocycles. The van der Waals surface area contributed by atoms with Crippen molar-refractivity contribution in [1.29, 1.82) is 0 Å². The van der Waals surface area contributed by atoms with Gasteiger partial charge in [-0.2, -0.15) is 18.3 Å². The number of likely N-dealkylation sites (tertiary alicyclic amines) is 1. The molecule has 26 heavy (non-hydrogen) atoms. The lowest BCUT2D eigenvalue weighted by Crippen LogP contribution is -2.65. The molecule has 0 radical (unpaired) electrons. The molecule has 1 aromatic rings. The first-order chi connectivity index (χ1) is 12.2. The molecule has 1 saturated carbocycles. The van der Waals surface area contributed by atoms with Gasteiger partial charge >= 0.3 is 12.1 Å². The zero-order valence-electron chi connectivity index (χ0n) is 14.4. The number of halogens is 3. The Bertz CT molecular complexity index is 744. The maximum atomic E-state index is 13.0. The van der Waals surface area contributed by atoms with E-state index in [4.69, 9.17) is 4.74 Å². The molecule has 142 valence electrons. The van der Waals surface area contributed by atoms with Gasteiger partial charge in [0.05, 0.1) is 13.0 Å². The molecule has 1 aromatic heterocycles. The van der Waals surface area contributed by atoms with Crippen LogP contribution in [0.1, 0.15) is 36.2 Å². The fourth-order valence-electron chi connectivity index (χ4n) is 4.69. The van der Waals surface area contributed by atoms with Crippen molar-refractivity contribution in [3.63, 3.8) is 0 Å². The van der Waals surface area contributed by atoms with Crippen molar-refractivity contribution in [2.75, 3.05) is 20.2 Å². The molecule has 3 aliphatic rings. The Kier molecular flexibility index (Phi) is 3.82. The number of ether oxygens (including phenoxy) is 1. The number of fused-ring (bicyclic) bond motifs is 1. The van der Waals surface area contributed by atoms with E-state index in [0.717, 1.165) is 12.8 Å². The highest BCUT2D eigenvalue weighted by molar-refractivity contribution is 5.81. The van der Waals surface area contributed by atoms with Crippen molar-refractivity contribution in [2.24, 2.45) is 17.3 Å². The molecular weight excluding hydrogens is 351 g/mol. The van der Waals surface area contributed by atoms with Crippen LogP contribution < -0.4 is 0 Å². The minimum absolute atomic E-state index is 0.00111. The zero-order valence-corrected chi connectivity index (χ0v) is 14.4. The van der Waals surface area contributed by atoms with Crippen molar-refractivity contribution in [3.05, 3.63) is 17.0 Å². The molecule has 2 fully saturated rings. The molecule has 9 heteroatoms. The Balaban J connectivity index is 1.37. The summed E-state index contributed by atoms with van der Waals surface area (Å²) in [6.07, 6.45) is -2.06. The van der Waals surface area contributed by atoms with Crippen LogP contribution in [0.15, 0.2) is 0 Å². The molecule has 1 unspecified atom stereocenters. The second kappa shape index (κ2) is 5.72. The number of alkyl halides is 3. The van der Waals surface area contributed by atoms with Gasteiger partial charge in [-0.05, 0) is 32.1 Å². The Morgan fingerprint density at radius 3 is 2.58 bits per heavy atom. The van der Waals surface area contributed by atoms with Gasteiger partial charge < -0.3 is 9.64 Å². The SMILES string of the molecule is COC(=O)C1CC2(C1)CN(C(=O)C1CCc3[nH]nc(C(F)(F)F)c3C1)C2. The van der Waals surface area contributed by atoms with E-state index >= 15 is 0 Å². The predicted molar refractivity (Wildman–Crippen MR) is 82.9 cm³/mol. The molecule has 1 N–H and O–H groups in total. The van der Waals surface area contributed by atoms with Crippen LogP contribution in [0.4, 0.5) is 13.2 Å². The summed E-state index contributed by atoms with van der Waals surface area (Å²) in [6.45, 7) is 1.17. The van der Waals surface area contributed by atoms with E-state index in [-0.39, 0.29) is 35.2 Å². The summed E-state index contributed by atoms with van der Waals surface area (Å²) in [5.41, 5.74) is -0.278. The maximum Gasteiger partial charge on any atom is 0.435 e. The standard InChI is InChI=1S/C17H20F3N3O3/c1-26-15(25)10-5-16(6-10)7-23(8-16)14(24)9-2-3-12-11(4-9)13(22-21-12)17(18,19)20/h9-10H,2-8H2,1H3,(H,21,22). The topological polar surface area (TPSA) is 75.3 Å². The van der Waals surface area contributed by atoms with E-state index in [0.29, 0.717) is 31.6 Å². The average Bonchev–Trinajstić information content (AvgIpc) is 2.94. The monoisotopic (exact) mass is 371 g/mol. The Morgan fingerprint density at radius 2 is 1.96 bits per heavy atom. The second-order valence-corrected chi connectivity index (χ2v) is 7.79. The number of nitrogens with one attached hydrogen (secondary N) is 1. The van der Waals surface area contributed by atoms with Crippen LogP contribution in [0.5, 0.6) is 0 Å². The quantitative estimate of drug-likeness (QED) is 0.807. The van der Waals surface area contributed by atoms with E-state index in [1.54, 1.807) is 4.90 Å². The van der Waals surface area contributed by atoms with Crippen LogP contribution in [-0.4, -0.2) is 47.2 Å². The third-order valence-electron chi connectivity index (χ3n) is 6.02. The van der Waals surface area contributed by atoms with E-state index < -0.39 is 17.8 Å². The van der Waals surface area contributed by atoms with Crippen LogP contribution in [0.3, 0.4) is 0 Å². The van der Waals surface area contributed by atoms with E-state index in [1.165, 1.54) is 7.11 Å². The first kappa shape index (κ1) is 17.4. The van der Waals surface area contributed by atoms with Crippen molar-refractivity contribution >= 4 is 11.9 Å². The van der Waals surface area contributed by atoms with Crippen molar-refractivity contribution in [2.45, 2.75) is 38.3 Å². The summed E-state index contributed by atoms with van der Waals surface area (Å²) in [7, 11) is 1.37.